The fourth-order valence-corrected chi connectivity index (χ4v) is 4.01. The molecule has 2 aliphatic rings. The summed E-state index contributed by atoms with van der Waals surface area (Å²) >= 11 is 0. The van der Waals surface area contributed by atoms with Gasteiger partial charge in [0.15, 0.2) is 11.5 Å². The van der Waals surface area contributed by atoms with Gasteiger partial charge in [-0.15, -0.1) is 0 Å². The lowest BCUT2D eigenvalue weighted by molar-refractivity contribution is -0.137. The van der Waals surface area contributed by atoms with Gasteiger partial charge in [0, 0.05) is 5.56 Å². The SMILES string of the molecule is CCOc1ccc(-c2noc(CN3N=CN4NC(c5ccc(F)cc5)CC4C3=O)n2)cc1OC. The molecule has 0 aliphatic carbocycles. The molecule has 0 spiro atoms. The number of rotatable bonds is 7. The Labute approximate surface area is 194 Å². The van der Waals surface area contributed by atoms with E-state index in [0.717, 1.165) is 5.56 Å². The van der Waals surface area contributed by atoms with Gasteiger partial charge in [-0.25, -0.2) is 14.8 Å². The molecule has 3 aromatic rings. The number of hydrogen-bond donors (Lipinski definition) is 1. The van der Waals surface area contributed by atoms with E-state index in [4.69, 9.17) is 14.0 Å². The van der Waals surface area contributed by atoms with E-state index >= 15 is 0 Å². The standard InChI is InChI=1S/C23H23FN6O4/c1-3-33-19-9-6-15(10-20(19)32-2)22-26-21(34-28-22)12-29-23(31)18-11-17(27-30(18)13-25-29)14-4-7-16(24)8-5-14/h4-10,13,17-18,27H,3,11-12H2,1-2H3. The summed E-state index contributed by atoms with van der Waals surface area (Å²) < 4.78 is 29.5. The van der Waals surface area contributed by atoms with Crippen LogP contribution in [0.4, 0.5) is 4.39 Å². The molecule has 1 aromatic heterocycles. The number of ether oxygens (including phenoxy) is 2. The first-order valence-corrected chi connectivity index (χ1v) is 10.8. The van der Waals surface area contributed by atoms with E-state index in [0.29, 0.717) is 35.9 Å². The summed E-state index contributed by atoms with van der Waals surface area (Å²) in [5, 5.41) is 11.2. The first kappa shape index (κ1) is 21.8. The molecule has 176 valence electrons. The Hall–Kier alpha value is -3.99. The maximum atomic E-state index is 13.2. The van der Waals surface area contributed by atoms with Crippen molar-refractivity contribution in [1.82, 2.24) is 25.6 Å². The molecule has 1 N–H and O–H groups in total. The molecule has 2 unspecified atom stereocenters. The van der Waals surface area contributed by atoms with Crippen LogP contribution in [0.25, 0.3) is 11.4 Å². The fourth-order valence-electron chi connectivity index (χ4n) is 4.01. The van der Waals surface area contributed by atoms with Crippen LogP contribution in [0.5, 0.6) is 11.5 Å². The van der Waals surface area contributed by atoms with E-state index in [-0.39, 0.29) is 30.2 Å². The quantitative estimate of drug-likeness (QED) is 0.567. The predicted molar refractivity (Wildman–Crippen MR) is 119 cm³/mol. The lowest BCUT2D eigenvalue weighted by Crippen LogP contribution is -2.50. The Balaban J connectivity index is 1.27. The molecule has 1 fully saturated rings. The maximum Gasteiger partial charge on any atom is 0.267 e. The lowest BCUT2D eigenvalue weighted by atomic mass is 10.0. The summed E-state index contributed by atoms with van der Waals surface area (Å²) in [6, 6.07) is 11.0. The molecule has 0 saturated carbocycles. The molecule has 5 rings (SSSR count). The van der Waals surface area contributed by atoms with Gasteiger partial charge >= 0.3 is 0 Å². The Bertz CT molecular complexity index is 1210. The minimum atomic E-state index is -0.440. The van der Waals surface area contributed by atoms with Crippen LogP contribution in [0, 0.1) is 5.82 Å². The van der Waals surface area contributed by atoms with Crippen molar-refractivity contribution in [3.8, 4) is 22.9 Å². The molecular formula is C23H23FN6O4. The van der Waals surface area contributed by atoms with Crippen molar-refractivity contribution >= 4 is 12.2 Å². The third-order valence-corrected chi connectivity index (χ3v) is 5.70. The Morgan fingerprint density at radius 1 is 1.21 bits per heavy atom. The van der Waals surface area contributed by atoms with Gasteiger partial charge in [-0.1, -0.05) is 17.3 Å². The van der Waals surface area contributed by atoms with E-state index in [2.05, 4.69) is 20.7 Å². The Morgan fingerprint density at radius 3 is 2.79 bits per heavy atom. The van der Waals surface area contributed by atoms with Gasteiger partial charge in [0.2, 0.25) is 11.7 Å². The molecule has 11 heteroatoms. The molecule has 2 aliphatic heterocycles. The van der Waals surface area contributed by atoms with E-state index in [9.17, 15) is 9.18 Å². The highest BCUT2D eigenvalue weighted by molar-refractivity contribution is 5.87. The smallest absolute Gasteiger partial charge is 0.267 e. The van der Waals surface area contributed by atoms with Crippen molar-refractivity contribution in [2.45, 2.75) is 32.0 Å². The van der Waals surface area contributed by atoms with Gasteiger partial charge in [0.05, 0.1) is 19.8 Å². The van der Waals surface area contributed by atoms with Crippen molar-refractivity contribution in [1.29, 1.82) is 0 Å². The number of hydrazine groups is 1. The van der Waals surface area contributed by atoms with Crippen LogP contribution in [-0.4, -0.2) is 52.2 Å². The monoisotopic (exact) mass is 466 g/mol. The van der Waals surface area contributed by atoms with E-state index in [1.54, 1.807) is 42.7 Å². The van der Waals surface area contributed by atoms with Crippen molar-refractivity contribution in [3.05, 3.63) is 59.7 Å². The number of nitrogens with one attached hydrogen (secondary N) is 1. The average Bonchev–Trinajstić information content (AvgIpc) is 3.50. The molecular weight excluding hydrogens is 443 g/mol. The van der Waals surface area contributed by atoms with Gasteiger partial charge in [0.1, 0.15) is 24.7 Å². The van der Waals surface area contributed by atoms with Crippen LogP contribution in [0.2, 0.25) is 0 Å². The number of carbonyl (C=O) groups is 1. The first-order valence-electron chi connectivity index (χ1n) is 10.8. The number of hydrazone groups is 1. The van der Waals surface area contributed by atoms with Crippen LogP contribution in [0.3, 0.4) is 0 Å². The average molecular weight is 466 g/mol. The Morgan fingerprint density at radius 2 is 2.03 bits per heavy atom. The first-order chi connectivity index (χ1) is 16.6. The summed E-state index contributed by atoms with van der Waals surface area (Å²) in [6.45, 7) is 2.46. The number of hydrogen-bond acceptors (Lipinski definition) is 9. The van der Waals surface area contributed by atoms with Crippen molar-refractivity contribution < 1.29 is 23.2 Å². The number of amides is 1. The zero-order valence-corrected chi connectivity index (χ0v) is 18.6. The number of benzene rings is 2. The fraction of sp³-hybridized carbons (Fsp3) is 0.304. The molecule has 1 amide bonds. The number of halogens is 1. The molecule has 0 bridgehead atoms. The highest BCUT2D eigenvalue weighted by Gasteiger charge is 2.41. The summed E-state index contributed by atoms with van der Waals surface area (Å²) in [6.07, 6.45) is 2.08. The van der Waals surface area contributed by atoms with Crippen LogP contribution in [-0.2, 0) is 11.3 Å². The minimum absolute atomic E-state index is 0.0437. The second-order valence-corrected chi connectivity index (χ2v) is 7.83. The number of aromatic nitrogens is 2. The molecule has 1 saturated heterocycles. The highest BCUT2D eigenvalue weighted by Crippen LogP contribution is 2.32. The summed E-state index contributed by atoms with van der Waals surface area (Å²) in [4.78, 5) is 17.5. The van der Waals surface area contributed by atoms with E-state index < -0.39 is 6.04 Å². The summed E-state index contributed by atoms with van der Waals surface area (Å²) in [5.41, 5.74) is 4.82. The Kier molecular flexibility index (Phi) is 5.84. The van der Waals surface area contributed by atoms with Crippen molar-refractivity contribution in [3.63, 3.8) is 0 Å². The van der Waals surface area contributed by atoms with E-state index in [1.807, 2.05) is 13.0 Å². The normalized spacial score (nSPS) is 19.4. The van der Waals surface area contributed by atoms with Gasteiger partial charge in [0.25, 0.3) is 5.91 Å². The number of carbonyl (C=O) groups excluding carboxylic acids is 1. The zero-order chi connectivity index (χ0) is 23.7. The number of nitrogens with zero attached hydrogens (tertiary/aromatic N) is 5. The zero-order valence-electron chi connectivity index (χ0n) is 18.6. The van der Waals surface area contributed by atoms with Crippen molar-refractivity contribution in [2.75, 3.05) is 13.7 Å². The number of methoxy groups -OCH3 is 1. The third kappa shape index (κ3) is 4.17. The second-order valence-electron chi connectivity index (χ2n) is 7.83. The van der Waals surface area contributed by atoms with Gasteiger partial charge in [-0.05, 0) is 49.2 Å². The summed E-state index contributed by atoms with van der Waals surface area (Å²) in [7, 11) is 1.56. The van der Waals surface area contributed by atoms with Gasteiger partial charge in [-0.3, -0.25) is 9.80 Å². The topological polar surface area (TPSA) is 105 Å². The van der Waals surface area contributed by atoms with E-state index in [1.165, 1.54) is 17.1 Å². The number of fused-ring (bicyclic) bond motifs is 1. The molecule has 2 aromatic carbocycles. The highest BCUT2D eigenvalue weighted by atomic mass is 19.1. The van der Waals surface area contributed by atoms with Crippen LogP contribution in [0.1, 0.15) is 30.8 Å². The molecule has 3 heterocycles. The van der Waals surface area contributed by atoms with Crippen LogP contribution >= 0.6 is 0 Å². The van der Waals surface area contributed by atoms with Crippen LogP contribution in [0.15, 0.2) is 52.1 Å². The minimum Gasteiger partial charge on any atom is -0.493 e. The maximum absolute atomic E-state index is 13.2. The summed E-state index contributed by atoms with van der Waals surface area (Å²) in [5.74, 6) is 1.31. The van der Waals surface area contributed by atoms with Crippen molar-refractivity contribution in [2.24, 2.45) is 5.10 Å². The predicted octanol–water partition coefficient (Wildman–Crippen LogP) is 2.89. The molecule has 34 heavy (non-hydrogen) atoms. The van der Waals surface area contributed by atoms with Crippen LogP contribution < -0.4 is 14.9 Å². The van der Waals surface area contributed by atoms with Gasteiger partial charge in [-0.2, -0.15) is 10.1 Å². The lowest BCUT2D eigenvalue weighted by Gasteiger charge is -2.29. The third-order valence-electron chi connectivity index (χ3n) is 5.70. The second kappa shape index (κ2) is 9.10. The molecule has 10 nitrogen and oxygen atoms in total. The molecule has 0 radical (unpaired) electrons. The largest absolute Gasteiger partial charge is 0.493 e. The molecule has 2 atom stereocenters. The van der Waals surface area contributed by atoms with Gasteiger partial charge < -0.3 is 14.0 Å².